The molecule has 0 aromatic carbocycles. The van der Waals surface area contributed by atoms with Gasteiger partial charge in [0.2, 0.25) is 0 Å². The van der Waals surface area contributed by atoms with Gasteiger partial charge in [-0.25, -0.2) is 10.1 Å². The van der Waals surface area contributed by atoms with Crippen molar-refractivity contribution in [1.29, 1.82) is 0 Å². The number of hydrogen-bond acceptors (Lipinski definition) is 6. The minimum absolute atomic E-state index is 0.257. The van der Waals surface area contributed by atoms with Crippen LogP contribution in [0.1, 0.15) is 5.69 Å². The molecule has 5 nitrogen and oxygen atoms in total. The maximum Gasteiger partial charge on any atom is 0.284 e. The number of H-pyrrole nitrogens is 1. The van der Waals surface area contributed by atoms with Gasteiger partial charge in [-0.3, -0.25) is 0 Å². The highest BCUT2D eigenvalue weighted by Crippen LogP contribution is 2.34. The zero-order valence-electron chi connectivity index (χ0n) is 8.76. The molecule has 3 rings (SSSR count). The molecule has 0 radical (unpaired) electrons. The molecule has 0 saturated carbocycles. The summed E-state index contributed by atoms with van der Waals surface area (Å²) in [6.07, 6.45) is 1.62. The minimum atomic E-state index is 0.257. The number of nitrogens with zero attached hydrogens (tertiary/aromatic N) is 2. The fourth-order valence-electron chi connectivity index (χ4n) is 1.43. The van der Waals surface area contributed by atoms with Crippen LogP contribution in [0.25, 0.3) is 21.5 Å². The van der Waals surface area contributed by atoms with E-state index in [2.05, 4.69) is 15.2 Å². The molecule has 3 heterocycles. The number of hydrogen-bond donors (Lipinski definition) is 1. The third-order valence-electron chi connectivity index (χ3n) is 2.16. The fraction of sp³-hybridized carbons (Fsp3) is 0.100. The van der Waals surface area contributed by atoms with Crippen LogP contribution in [0.3, 0.4) is 0 Å². The number of furan rings is 1. The van der Waals surface area contributed by atoms with Gasteiger partial charge in [0.15, 0.2) is 10.8 Å². The van der Waals surface area contributed by atoms with Crippen molar-refractivity contribution >= 4 is 23.6 Å². The summed E-state index contributed by atoms with van der Waals surface area (Å²) >= 11 is 6.30. The smallest absolute Gasteiger partial charge is 0.284 e. The average Bonchev–Trinajstić information content (AvgIpc) is 2.97. The highest BCUT2D eigenvalue weighted by Gasteiger charge is 2.16. The van der Waals surface area contributed by atoms with Crippen LogP contribution < -0.4 is 0 Å². The van der Waals surface area contributed by atoms with E-state index in [0.29, 0.717) is 5.89 Å². The normalized spacial score (nSPS) is 10.9. The third-order valence-corrected chi connectivity index (χ3v) is 3.50. The summed E-state index contributed by atoms with van der Waals surface area (Å²) in [5.41, 5.74) is 0.839. The maximum atomic E-state index is 5.30. The van der Waals surface area contributed by atoms with Crippen molar-refractivity contribution in [3.63, 3.8) is 0 Å². The molecule has 0 aliphatic carbocycles. The average molecular weight is 265 g/mol. The summed E-state index contributed by atoms with van der Waals surface area (Å²) in [6, 6.07) is 3.69. The molecule has 0 unspecified atom stereocenters. The van der Waals surface area contributed by atoms with Crippen LogP contribution in [-0.2, 0) is 0 Å². The second-order valence-corrected chi connectivity index (χ2v) is 4.70. The highest BCUT2D eigenvalue weighted by molar-refractivity contribution is 7.71. The molecule has 1 N–H and O–H groups in total. The molecular formula is C10H7N3O2S2. The van der Waals surface area contributed by atoms with Gasteiger partial charge in [0.1, 0.15) is 4.88 Å². The summed E-state index contributed by atoms with van der Waals surface area (Å²) in [7, 11) is 0. The topological polar surface area (TPSA) is 67.8 Å². The van der Waals surface area contributed by atoms with E-state index in [1.54, 1.807) is 6.26 Å². The van der Waals surface area contributed by atoms with Crippen LogP contribution >= 0.6 is 23.6 Å². The Morgan fingerprint density at radius 1 is 1.47 bits per heavy atom. The molecule has 0 fully saturated rings. The molecule has 0 spiro atoms. The Labute approximate surface area is 105 Å². The van der Waals surface area contributed by atoms with E-state index in [0.717, 1.165) is 21.3 Å². The lowest BCUT2D eigenvalue weighted by atomic mass is 10.4. The van der Waals surface area contributed by atoms with Gasteiger partial charge >= 0.3 is 0 Å². The molecule has 3 aromatic rings. The van der Waals surface area contributed by atoms with Crippen LogP contribution in [0.4, 0.5) is 0 Å². The molecule has 0 saturated heterocycles. The van der Waals surface area contributed by atoms with Crippen molar-refractivity contribution in [2.45, 2.75) is 6.92 Å². The van der Waals surface area contributed by atoms with Crippen LogP contribution in [0.2, 0.25) is 0 Å². The van der Waals surface area contributed by atoms with E-state index in [9.17, 15) is 0 Å². The fourth-order valence-corrected chi connectivity index (χ4v) is 2.51. The number of aromatic amines is 1. The van der Waals surface area contributed by atoms with E-state index in [4.69, 9.17) is 21.1 Å². The third kappa shape index (κ3) is 1.83. The van der Waals surface area contributed by atoms with Gasteiger partial charge in [-0.2, -0.15) is 0 Å². The summed E-state index contributed by atoms with van der Waals surface area (Å²) < 4.78 is 10.6. The lowest BCUT2D eigenvalue weighted by Gasteiger charge is -1.86. The predicted octanol–water partition coefficient (Wildman–Crippen LogP) is 3.42. The van der Waals surface area contributed by atoms with Crippen molar-refractivity contribution in [3.05, 3.63) is 28.9 Å². The monoisotopic (exact) mass is 265 g/mol. The zero-order valence-corrected chi connectivity index (χ0v) is 10.4. The van der Waals surface area contributed by atoms with Crippen LogP contribution in [-0.4, -0.2) is 15.2 Å². The lowest BCUT2D eigenvalue weighted by molar-refractivity contribution is 0.553. The number of rotatable bonds is 2. The van der Waals surface area contributed by atoms with Gasteiger partial charge in [0, 0.05) is 0 Å². The van der Waals surface area contributed by atoms with Gasteiger partial charge in [-0.05, 0) is 31.3 Å². The first-order chi connectivity index (χ1) is 8.24. The number of aromatic nitrogens is 3. The van der Waals surface area contributed by atoms with Crippen molar-refractivity contribution in [1.82, 2.24) is 15.2 Å². The molecular weight excluding hydrogens is 258 g/mol. The second kappa shape index (κ2) is 3.94. The first-order valence-corrected chi connectivity index (χ1v) is 6.03. The van der Waals surface area contributed by atoms with E-state index in [1.807, 2.05) is 19.1 Å². The lowest BCUT2D eigenvalue weighted by Crippen LogP contribution is -1.77. The summed E-state index contributed by atoms with van der Waals surface area (Å²) in [5, 5.41) is 7.38. The summed E-state index contributed by atoms with van der Waals surface area (Å²) in [6.45, 7) is 1.89. The molecule has 0 aliphatic rings. The van der Waals surface area contributed by atoms with Crippen molar-refractivity contribution < 1.29 is 8.83 Å². The van der Waals surface area contributed by atoms with Gasteiger partial charge < -0.3 is 8.83 Å². The Kier molecular flexibility index (Phi) is 2.41. The standard InChI is InChI=1S/C10H7N3O2S2/c1-5-7(8-12-13-10(16)15-8)17-9(11-5)6-3-2-4-14-6/h2-4H,1H3,(H,13,16). The summed E-state index contributed by atoms with van der Waals surface area (Å²) in [5.74, 6) is 1.20. The molecule has 3 aromatic heterocycles. The Bertz CT molecular complexity index is 693. The van der Waals surface area contributed by atoms with E-state index >= 15 is 0 Å². The molecule has 0 bridgehead atoms. The Morgan fingerprint density at radius 3 is 3.00 bits per heavy atom. The Morgan fingerprint density at radius 2 is 2.35 bits per heavy atom. The van der Waals surface area contributed by atoms with Gasteiger partial charge in [0.25, 0.3) is 10.7 Å². The van der Waals surface area contributed by atoms with Gasteiger partial charge in [-0.15, -0.1) is 16.4 Å². The SMILES string of the molecule is Cc1nc(-c2ccco2)sc1-c1n[nH]c(=S)o1. The molecule has 0 aliphatic heterocycles. The first-order valence-electron chi connectivity index (χ1n) is 4.81. The quantitative estimate of drug-likeness (QED) is 0.719. The minimum Gasteiger partial charge on any atom is -0.462 e. The molecule has 86 valence electrons. The van der Waals surface area contributed by atoms with E-state index in [-0.39, 0.29) is 4.84 Å². The largest absolute Gasteiger partial charge is 0.462 e. The van der Waals surface area contributed by atoms with Crippen molar-refractivity contribution in [2.24, 2.45) is 0 Å². The zero-order chi connectivity index (χ0) is 11.8. The number of aryl methyl sites for hydroxylation is 1. The summed E-state index contributed by atoms with van der Waals surface area (Å²) in [4.78, 5) is 5.52. The second-order valence-electron chi connectivity index (χ2n) is 3.33. The van der Waals surface area contributed by atoms with Gasteiger partial charge in [0.05, 0.1) is 12.0 Å². The highest BCUT2D eigenvalue weighted by atomic mass is 32.1. The molecule has 17 heavy (non-hydrogen) atoms. The van der Waals surface area contributed by atoms with Crippen LogP contribution in [0.5, 0.6) is 0 Å². The van der Waals surface area contributed by atoms with Crippen molar-refractivity contribution in [3.8, 4) is 21.5 Å². The van der Waals surface area contributed by atoms with E-state index < -0.39 is 0 Å². The van der Waals surface area contributed by atoms with Crippen LogP contribution in [0, 0.1) is 11.8 Å². The number of thiazole rings is 1. The predicted molar refractivity (Wildman–Crippen MR) is 65.2 cm³/mol. The first kappa shape index (κ1) is 10.4. The van der Waals surface area contributed by atoms with E-state index in [1.165, 1.54) is 11.3 Å². The van der Waals surface area contributed by atoms with Gasteiger partial charge in [-0.1, -0.05) is 0 Å². The Hall–Kier alpha value is -1.73. The number of nitrogens with one attached hydrogen (secondary N) is 1. The van der Waals surface area contributed by atoms with Crippen LogP contribution in [0.15, 0.2) is 27.2 Å². The molecule has 7 heteroatoms. The van der Waals surface area contributed by atoms with Crippen molar-refractivity contribution in [2.75, 3.05) is 0 Å². The molecule has 0 atom stereocenters. The Balaban J connectivity index is 2.10. The molecule has 0 amide bonds. The maximum absolute atomic E-state index is 5.30.